The Hall–Kier alpha value is -1.77. The standard InChI is InChI=1S/C17H23NO2/c1-2-3-4-5-6-7-8-13-9-10-14-12-15(18)17(19)20-16(14)11-13/h9-12H,2-8,18H2,1H3. The lowest BCUT2D eigenvalue weighted by Crippen LogP contribution is -2.05. The van der Waals surface area contributed by atoms with Gasteiger partial charge in [0, 0.05) is 5.39 Å². The Morgan fingerprint density at radius 1 is 1.05 bits per heavy atom. The highest BCUT2D eigenvalue weighted by molar-refractivity contribution is 5.79. The number of benzene rings is 1. The molecule has 0 fully saturated rings. The van der Waals surface area contributed by atoms with E-state index in [0.717, 1.165) is 11.8 Å². The highest BCUT2D eigenvalue weighted by Crippen LogP contribution is 2.18. The summed E-state index contributed by atoms with van der Waals surface area (Å²) in [5.41, 5.74) is 7.13. The predicted molar refractivity (Wildman–Crippen MR) is 84.0 cm³/mol. The quantitative estimate of drug-likeness (QED) is 0.605. The molecule has 2 rings (SSSR count). The highest BCUT2D eigenvalue weighted by Gasteiger charge is 2.03. The second-order valence-corrected chi connectivity index (χ2v) is 5.38. The molecule has 1 heterocycles. The smallest absolute Gasteiger partial charge is 0.359 e. The molecular weight excluding hydrogens is 250 g/mol. The second-order valence-electron chi connectivity index (χ2n) is 5.38. The summed E-state index contributed by atoms with van der Waals surface area (Å²) in [4.78, 5) is 11.4. The first-order valence-electron chi connectivity index (χ1n) is 7.53. The fraction of sp³-hybridized carbons (Fsp3) is 0.471. The van der Waals surface area contributed by atoms with Crippen LogP contribution in [0.15, 0.2) is 33.5 Å². The van der Waals surface area contributed by atoms with Gasteiger partial charge in [-0.15, -0.1) is 0 Å². The summed E-state index contributed by atoms with van der Waals surface area (Å²) in [5, 5.41) is 0.883. The van der Waals surface area contributed by atoms with E-state index in [0.29, 0.717) is 5.58 Å². The van der Waals surface area contributed by atoms with Crippen LogP contribution in [0, 0.1) is 0 Å². The van der Waals surface area contributed by atoms with Crippen LogP contribution in [-0.2, 0) is 6.42 Å². The number of aryl methyl sites for hydroxylation is 1. The van der Waals surface area contributed by atoms with Crippen molar-refractivity contribution >= 4 is 16.7 Å². The van der Waals surface area contributed by atoms with E-state index < -0.39 is 5.63 Å². The molecule has 20 heavy (non-hydrogen) atoms. The normalized spacial score (nSPS) is 11.1. The zero-order chi connectivity index (χ0) is 14.4. The molecule has 3 heteroatoms. The monoisotopic (exact) mass is 273 g/mol. The van der Waals surface area contributed by atoms with Crippen LogP contribution in [0.3, 0.4) is 0 Å². The van der Waals surface area contributed by atoms with E-state index >= 15 is 0 Å². The SMILES string of the molecule is CCCCCCCCc1ccc2cc(N)c(=O)oc2c1. The average Bonchev–Trinajstić information content (AvgIpc) is 2.44. The third-order valence-corrected chi connectivity index (χ3v) is 3.65. The largest absolute Gasteiger partial charge is 0.421 e. The van der Waals surface area contributed by atoms with Crippen LogP contribution >= 0.6 is 0 Å². The Morgan fingerprint density at radius 2 is 1.80 bits per heavy atom. The first kappa shape index (κ1) is 14.6. The van der Waals surface area contributed by atoms with Crippen molar-refractivity contribution < 1.29 is 4.42 Å². The van der Waals surface area contributed by atoms with Crippen molar-refractivity contribution in [2.45, 2.75) is 51.9 Å². The molecule has 0 saturated carbocycles. The molecule has 2 N–H and O–H groups in total. The number of anilines is 1. The number of hydrogen-bond donors (Lipinski definition) is 1. The summed E-state index contributed by atoms with van der Waals surface area (Å²) in [7, 11) is 0. The molecule has 0 spiro atoms. The van der Waals surface area contributed by atoms with Crippen molar-refractivity contribution in [3.8, 4) is 0 Å². The lowest BCUT2D eigenvalue weighted by Gasteiger charge is -2.04. The van der Waals surface area contributed by atoms with Gasteiger partial charge in [-0.3, -0.25) is 0 Å². The molecular formula is C17H23NO2. The Kier molecular flexibility index (Phi) is 5.22. The van der Waals surface area contributed by atoms with Gasteiger partial charge in [0.1, 0.15) is 11.3 Å². The maximum Gasteiger partial charge on any atom is 0.359 e. The Labute approximate surface area is 119 Å². The molecule has 0 radical (unpaired) electrons. The van der Waals surface area contributed by atoms with E-state index in [4.69, 9.17) is 10.2 Å². The molecule has 0 aliphatic heterocycles. The Bertz CT molecular complexity index is 616. The molecule has 1 aromatic heterocycles. The number of nitrogens with two attached hydrogens (primary N) is 1. The first-order valence-corrected chi connectivity index (χ1v) is 7.53. The minimum atomic E-state index is -0.450. The van der Waals surface area contributed by atoms with E-state index in [1.165, 1.54) is 44.1 Å². The molecule has 1 aromatic carbocycles. The lowest BCUT2D eigenvalue weighted by atomic mass is 10.0. The second kappa shape index (κ2) is 7.13. The van der Waals surface area contributed by atoms with E-state index in [1.54, 1.807) is 6.07 Å². The minimum Gasteiger partial charge on any atom is -0.421 e. The molecule has 2 aromatic rings. The van der Waals surface area contributed by atoms with Gasteiger partial charge in [0.2, 0.25) is 0 Å². The molecule has 0 bridgehead atoms. The van der Waals surface area contributed by atoms with Crippen LogP contribution in [0.25, 0.3) is 11.0 Å². The van der Waals surface area contributed by atoms with Gasteiger partial charge in [-0.05, 0) is 30.5 Å². The van der Waals surface area contributed by atoms with Crippen LogP contribution in [0.4, 0.5) is 5.69 Å². The number of rotatable bonds is 7. The van der Waals surface area contributed by atoms with Crippen molar-refractivity contribution in [2.75, 3.05) is 5.73 Å². The number of unbranched alkanes of at least 4 members (excludes halogenated alkanes) is 5. The highest BCUT2D eigenvalue weighted by atomic mass is 16.4. The van der Waals surface area contributed by atoms with E-state index in [1.807, 2.05) is 12.1 Å². The molecule has 3 nitrogen and oxygen atoms in total. The van der Waals surface area contributed by atoms with Crippen LogP contribution in [0.1, 0.15) is 51.0 Å². The summed E-state index contributed by atoms with van der Waals surface area (Å²) in [6.45, 7) is 2.23. The van der Waals surface area contributed by atoms with E-state index in [9.17, 15) is 4.79 Å². The van der Waals surface area contributed by atoms with Crippen molar-refractivity contribution in [1.29, 1.82) is 0 Å². The van der Waals surface area contributed by atoms with Gasteiger partial charge in [0.15, 0.2) is 0 Å². The zero-order valence-corrected chi connectivity index (χ0v) is 12.2. The van der Waals surface area contributed by atoms with Gasteiger partial charge in [-0.25, -0.2) is 4.79 Å². The fourth-order valence-electron chi connectivity index (χ4n) is 2.44. The molecule has 0 saturated heterocycles. The molecule has 0 atom stereocenters. The lowest BCUT2D eigenvalue weighted by molar-refractivity contribution is 0.563. The van der Waals surface area contributed by atoms with Gasteiger partial charge in [0.05, 0.1) is 0 Å². The molecule has 0 aliphatic rings. The fourth-order valence-corrected chi connectivity index (χ4v) is 2.44. The van der Waals surface area contributed by atoms with E-state index in [-0.39, 0.29) is 5.69 Å². The van der Waals surface area contributed by atoms with Crippen molar-refractivity contribution in [1.82, 2.24) is 0 Å². The molecule has 108 valence electrons. The molecule has 0 amide bonds. The predicted octanol–water partition coefficient (Wildman–Crippen LogP) is 4.28. The average molecular weight is 273 g/mol. The zero-order valence-electron chi connectivity index (χ0n) is 12.2. The third-order valence-electron chi connectivity index (χ3n) is 3.65. The van der Waals surface area contributed by atoms with Crippen LogP contribution in [0.2, 0.25) is 0 Å². The minimum absolute atomic E-state index is 0.168. The van der Waals surface area contributed by atoms with E-state index in [2.05, 4.69) is 13.0 Å². The number of fused-ring (bicyclic) bond motifs is 1. The van der Waals surface area contributed by atoms with Crippen LogP contribution in [0.5, 0.6) is 0 Å². The van der Waals surface area contributed by atoms with Gasteiger partial charge in [0.25, 0.3) is 0 Å². The summed E-state index contributed by atoms with van der Waals surface area (Å²) in [6.07, 6.45) is 8.76. The maximum absolute atomic E-state index is 11.4. The van der Waals surface area contributed by atoms with Crippen LogP contribution < -0.4 is 11.4 Å². The van der Waals surface area contributed by atoms with Gasteiger partial charge < -0.3 is 10.2 Å². The van der Waals surface area contributed by atoms with Crippen molar-refractivity contribution in [3.05, 3.63) is 40.2 Å². The van der Waals surface area contributed by atoms with Crippen LogP contribution in [-0.4, -0.2) is 0 Å². The first-order chi connectivity index (χ1) is 9.70. The van der Waals surface area contributed by atoms with Gasteiger partial charge in [-0.1, -0.05) is 51.2 Å². The summed E-state index contributed by atoms with van der Waals surface area (Å²) in [6, 6.07) is 7.70. The summed E-state index contributed by atoms with van der Waals surface area (Å²) in [5.74, 6) is 0. The number of nitrogen functional groups attached to an aromatic ring is 1. The van der Waals surface area contributed by atoms with Crippen molar-refractivity contribution in [2.24, 2.45) is 0 Å². The third kappa shape index (κ3) is 3.86. The van der Waals surface area contributed by atoms with Gasteiger partial charge in [-0.2, -0.15) is 0 Å². The molecule has 0 aliphatic carbocycles. The Morgan fingerprint density at radius 3 is 2.60 bits per heavy atom. The number of hydrogen-bond acceptors (Lipinski definition) is 3. The maximum atomic E-state index is 11.4. The molecule has 0 unspecified atom stereocenters. The van der Waals surface area contributed by atoms with Gasteiger partial charge >= 0.3 is 5.63 Å². The summed E-state index contributed by atoms with van der Waals surface area (Å²) >= 11 is 0. The van der Waals surface area contributed by atoms with Crippen molar-refractivity contribution in [3.63, 3.8) is 0 Å². The topological polar surface area (TPSA) is 56.2 Å². The summed E-state index contributed by atoms with van der Waals surface area (Å²) < 4.78 is 5.21. The Balaban J connectivity index is 1.94.